The number of piperidine rings is 2. The average molecular weight is 224 g/mol. The molecule has 2 atom stereocenters. The summed E-state index contributed by atoms with van der Waals surface area (Å²) in [5.74, 6) is 0. The molecule has 0 unspecified atom stereocenters. The Morgan fingerprint density at radius 3 is 1.19 bits per heavy atom. The van der Waals surface area contributed by atoms with Crippen LogP contribution in [0.4, 0.5) is 0 Å². The van der Waals surface area contributed by atoms with Crippen molar-refractivity contribution in [3.8, 4) is 0 Å². The van der Waals surface area contributed by atoms with Gasteiger partial charge in [-0.1, -0.05) is 12.8 Å². The van der Waals surface area contributed by atoms with Crippen LogP contribution in [0, 0.1) is 0 Å². The lowest BCUT2D eigenvalue weighted by atomic mass is 10.0. The standard InChI is InChI=1S/C14H28N2/c1-13(15-9-5-3-6-10-15)14(2)16-11-7-4-8-12-16/h13-14H,3-12H2,1-2H3/t13-,14+. The highest BCUT2D eigenvalue weighted by Gasteiger charge is 2.26. The van der Waals surface area contributed by atoms with E-state index >= 15 is 0 Å². The van der Waals surface area contributed by atoms with E-state index < -0.39 is 0 Å². The predicted octanol–water partition coefficient (Wildman–Crippen LogP) is 2.74. The van der Waals surface area contributed by atoms with Gasteiger partial charge in [0.1, 0.15) is 0 Å². The van der Waals surface area contributed by atoms with Crippen molar-refractivity contribution in [2.24, 2.45) is 0 Å². The monoisotopic (exact) mass is 224 g/mol. The van der Waals surface area contributed by atoms with Crippen molar-refractivity contribution >= 4 is 0 Å². The summed E-state index contributed by atoms with van der Waals surface area (Å²) >= 11 is 0. The summed E-state index contributed by atoms with van der Waals surface area (Å²) in [6.45, 7) is 10.2. The zero-order valence-corrected chi connectivity index (χ0v) is 11.1. The Labute approximate surface area is 101 Å². The molecule has 2 rings (SSSR count). The quantitative estimate of drug-likeness (QED) is 0.727. The van der Waals surface area contributed by atoms with Crippen molar-refractivity contribution in [1.82, 2.24) is 9.80 Å². The molecule has 94 valence electrons. The molecule has 2 saturated heterocycles. The van der Waals surface area contributed by atoms with Gasteiger partial charge in [-0.15, -0.1) is 0 Å². The lowest BCUT2D eigenvalue weighted by Crippen LogP contribution is -2.51. The molecule has 0 amide bonds. The number of hydrogen-bond donors (Lipinski definition) is 0. The number of nitrogens with zero attached hydrogens (tertiary/aromatic N) is 2. The van der Waals surface area contributed by atoms with E-state index in [2.05, 4.69) is 23.6 Å². The minimum absolute atomic E-state index is 0.749. The molecule has 16 heavy (non-hydrogen) atoms. The first kappa shape index (κ1) is 12.4. The topological polar surface area (TPSA) is 6.48 Å². The van der Waals surface area contributed by atoms with Gasteiger partial charge in [0.05, 0.1) is 0 Å². The van der Waals surface area contributed by atoms with Gasteiger partial charge >= 0.3 is 0 Å². The first-order valence-corrected chi connectivity index (χ1v) is 7.27. The Morgan fingerprint density at radius 1 is 0.562 bits per heavy atom. The SMILES string of the molecule is C[C@H]([C@H](C)N1CCCCC1)N1CCCCC1. The largest absolute Gasteiger partial charge is 0.299 e. The molecule has 0 aliphatic carbocycles. The smallest absolute Gasteiger partial charge is 0.0220 e. The van der Waals surface area contributed by atoms with E-state index in [1.165, 1.54) is 64.7 Å². The van der Waals surface area contributed by atoms with Gasteiger partial charge in [0.25, 0.3) is 0 Å². The van der Waals surface area contributed by atoms with Crippen LogP contribution in [-0.2, 0) is 0 Å². The molecule has 0 saturated carbocycles. The Bertz CT molecular complexity index is 171. The Hall–Kier alpha value is -0.0800. The van der Waals surface area contributed by atoms with Crippen LogP contribution in [0.5, 0.6) is 0 Å². The average Bonchev–Trinajstić information content (AvgIpc) is 2.39. The molecule has 0 N–H and O–H groups in total. The molecule has 2 nitrogen and oxygen atoms in total. The molecule has 2 heterocycles. The van der Waals surface area contributed by atoms with Crippen molar-refractivity contribution in [3.63, 3.8) is 0 Å². The highest BCUT2D eigenvalue weighted by molar-refractivity contribution is 4.83. The van der Waals surface area contributed by atoms with E-state index in [1.54, 1.807) is 0 Å². The second-order valence-corrected chi connectivity index (χ2v) is 5.67. The maximum absolute atomic E-state index is 2.71. The summed E-state index contributed by atoms with van der Waals surface area (Å²) in [6, 6.07) is 1.50. The normalized spacial score (nSPS) is 28.9. The van der Waals surface area contributed by atoms with Crippen molar-refractivity contribution in [2.45, 2.75) is 64.5 Å². The highest BCUT2D eigenvalue weighted by Crippen LogP contribution is 2.19. The summed E-state index contributed by atoms with van der Waals surface area (Å²) < 4.78 is 0. The van der Waals surface area contributed by atoms with Gasteiger partial charge in [-0.25, -0.2) is 0 Å². The van der Waals surface area contributed by atoms with Gasteiger partial charge in [-0.2, -0.15) is 0 Å². The molecule has 2 aliphatic heterocycles. The van der Waals surface area contributed by atoms with Crippen LogP contribution in [0.3, 0.4) is 0 Å². The Kier molecular flexibility index (Phi) is 4.66. The number of hydrogen-bond acceptors (Lipinski definition) is 2. The minimum atomic E-state index is 0.749. The molecule has 0 bridgehead atoms. The van der Waals surface area contributed by atoms with Crippen molar-refractivity contribution in [1.29, 1.82) is 0 Å². The molecular weight excluding hydrogens is 196 g/mol. The predicted molar refractivity (Wildman–Crippen MR) is 69.8 cm³/mol. The van der Waals surface area contributed by atoms with Crippen LogP contribution in [0.1, 0.15) is 52.4 Å². The minimum Gasteiger partial charge on any atom is -0.299 e. The Morgan fingerprint density at radius 2 is 0.875 bits per heavy atom. The van der Waals surface area contributed by atoms with Crippen molar-refractivity contribution < 1.29 is 0 Å². The summed E-state index contributed by atoms with van der Waals surface area (Å²) in [7, 11) is 0. The van der Waals surface area contributed by atoms with Crippen molar-refractivity contribution in [2.75, 3.05) is 26.2 Å². The van der Waals surface area contributed by atoms with Gasteiger partial charge in [0, 0.05) is 12.1 Å². The lowest BCUT2D eigenvalue weighted by Gasteiger charge is -2.42. The third kappa shape index (κ3) is 2.98. The fourth-order valence-electron chi connectivity index (χ4n) is 3.26. The summed E-state index contributed by atoms with van der Waals surface area (Å²) in [6.07, 6.45) is 8.55. The zero-order chi connectivity index (χ0) is 11.4. The summed E-state index contributed by atoms with van der Waals surface area (Å²) in [5.41, 5.74) is 0. The molecule has 2 fully saturated rings. The van der Waals surface area contributed by atoms with Gasteiger partial charge in [0.15, 0.2) is 0 Å². The van der Waals surface area contributed by atoms with Crippen molar-refractivity contribution in [3.05, 3.63) is 0 Å². The Balaban J connectivity index is 1.84. The van der Waals surface area contributed by atoms with Crippen LogP contribution in [0.2, 0.25) is 0 Å². The second-order valence-electron chi connectivity index (χ2n) is 5.67. The van der Waals surface area contributed by atoms with Gasteiger partial charge in [-0.05, 0) is 65.7 Å². The molecule has 0 aromatic carbocycles. The zero-order valence-electron chi connectivity index (χ0n) is 11.1. The van der Waals surface area contributed by atoms with E-state index in [4.69, 9.17) is 0 Å². The third-order valence-corrected chi connectivity index (χ3v) is 4.63. The van der Waals surface area contributed by atoms with E-state index in [-0.39, 0.29) is 0 Å². The first-order chi connectivity index (χ1) is 7.79. The summed E-state index contributed by atoms with van der Waals surface area (Å²) in [4.78, 5) is 5.42. The first-order valence-electron chi connectivity index (χ1n) is 7.27. The summed E-state index contributed by atoms with van der Waals surface area (Å²) in [5, 5.41) is 0. The number of likely N-dealkylation sites (tertiary alicyclic amines) is 2. The highest BCUT2D eigenvalue weighted by atomic mass is 15.2. The van der Waals surface area contributed by atoms with Crippen LogP contribution in [0.15, 0.2) is 0 Å². The van der Waals surface area contributed by atoms with Crippen LogP contribution in [-0.4, -0.2) is 48.1 Å². The molecule has 0 spiro atoms. The fraction of sp³-hybridized carbons (Fsp3) is 1.00. The number of rotatable bonds is 3. The molecule has 0 aromatic rings. The van der Waals surface area contributed by atoms with E-state index in [0.717, 1.165) is 12.1 Å². The molecule has 2 aliphatic rings. The van der Waals surface area contributed by atoms with Crippen LogP contribution >= 0.6 is 0 Å². The fourth-order valence-corrected chi connectivity index (χ4v) is 3.26. The van der Waals surface area contributed by atoms with Gasteiger partial charge in [0.2, 0.25) is 0 Å². The molecule has 0 radical (unpaired) electrons. The van der Waals surface area contributed by atoms with Crippen LogP contribution < -0.4 is 0 Å². The lowest BCUT2D eigenvalue weighted by molar-refractivity contribution is 0.0709. The maximum Gasteiger partial charge on any atom is 0.0220 e. The molecular formula is C14H28N2. The van der Waals surface area contributed by atoms with E-state index in [0.29, 0.717) is 0 Å². The van der Waals surface area contributed by atoms with Gasteiger partial charge < -0.3 is 0 Å². The van der Waals surface area contributed by atoms with E-state index in [9.17, 15) is 0 Å². The molecule has 2 heteroatoms. The molecule has 0 aromatic heterocycles. The maximum atomic E-state index is 2.71. The third-order valence-electron chi connectivity index (χ3n) is 4.63. The van der Waals surface area contributed by atoms with E-state index in [1.807, 2.05) is 0 Å². The second kappa shape index (κ2) is 6.02. The van der Waals surface area contributed by atoms with Gasteiger partial charge in [-0.3, -0.25) is 9.80 Å². The van der Waals surface area contributed by atoms with Crippen LogP contribution in [0.25, 0.3) is 0 Å².